The summed E-state index contributed by atoms with van der Waals surface area (Å²) < 4.78 is 0. The second-order valence-corrected chi connectivity index (χ2v) is 4.44. The highest BCUT2D eigenvalue weighted by atomic mass is 32.1. The summed E-state index contributed by atoms with van der Waals surface area (Å²) in [5.41, 5.74) is 6.36. The van der Waals surface area contributed by atoms with Crippen molar-refractivity contribution in [3.8, 4) is 5.75 Å². The van der Waals surface area contributed by atoms with Crippen LogP contribution in [0.1, 0.15) is 16.1 Å². The SMILES string of the molecule is Nc1cccc(C(=O)NCc2csc(=O)[nH]2)c1O. The van der Waals surface area contributed by atoms with E-state index in [1.165, 1.54) is 12.1 Å². The van der Waals surface area contributed by atoms with E-state index in [9.17, 15) is 14.7 Å². The van der Waals surface area contributed by atoms with Gasteiger partial charge in [-0.05, 0) is 12.1 Å². The van der Waals surface area contributed by atoms with Crippen LogP contribution in [-0.4, -0.2) is 16.0 Å². The van der Waals surface area contributed by atoms with Crippen LogP contribution in [0.15, 0.2) is 28.4 Å². The Balaban J connectivity index is 2.08. The highest BCUT2D eigenvalue weighted by molar-refractivity contribution is 7.07. The Morgan fingerprint density at radius 3 is 2.94 bits per heavy atom. The van der Waals surface area contributed by atoms with Crippen LogP contribution in [0.4, 0.5) is 5.69 Å². The molecule has 18 heavy (non-hydrogen) atoms. The van der Waals surface area contributed by atoms with Gasteiger partial charge in [-0.2, -0.15) is 0 Å². The summed E-state index contributed by atoms with van der Waals surface area (Å²) in [6, 6.07) is 4.55. The van der Waals surface area contributed by atoms with E-state index in [2.05, 4.69) is 10.3 Å². The van der Waals surface area contributed by atoms with E-state index >= 15 is 0 Å². The fraction of sp³-hybridized carbons (Fsp3) is 0.0909. The van der Waals surface area contributed by atoms with E-state index < -0.39 is 5.91 Å². The van der Waals surface area contributed by atoms with E-state index in [0.29, 0.717) is 5.69 Å². The number of amides is 1. The van der Waals surface area contributed by atoms with Crippen molar-refractivity contribution in [1.29, 1.82) is 0 Å². The van der Waals surface area contributed by atoms with Crippen molar-refractivity contribution >= 4 is 22.9 Å². The molecule has 1 amide bonds. The molecule has 0 unspecified atom stereocenters. The number of carbonyl (C=O) groups excluding carboxylic acids is 1. The lowest BCUT2D eigenvalue weighted by Crippen LogP contribution is -2.23. The topological polar surface area (TPSA) is 108 Å². The number of phenolic OH excluding ortho intramolecular Hbond substituents is 1. The Labute approximate surface area is 106 Å². The maximum Gasteiger partial charge on any atom is 0.304 e. The first-order valence-electron chi connectivity index (χ1n) is 5.10. The molecular weight excluding hydrogens is 254 g/mol. The number of aromatic nitrogens is 1. The van der Waals surface area contributed by atoms with Crippen LogP contribution in [-0.2, 0) is 6.54 Å². The van der Waals surface area contributed by atoms with Crippen LogP contribution in [0, 0.1) is 0 Å². The number of nitrogen functional groups attached to an aromatic ring is 1. The number of hydrogen-bond donors (Lipinski definition) is 4. The zero-order valence-corrected chi connectivity index (χ0v) is 10.1. The normalized spacial score (nSPS) is 10.2. The largest absolute Gasteiger partial charge is 0.505 e. The molecular formula is C11H11N3O3S. The number of rotatable bonds is 3. The van der Waals surface area contributed by atoms with Gasteiger partial charge in [-0.3, -0.25) is 9.59 Å². The molecule has 0 fully saturated rings. The number of phenols is 1. The number of carbonyl (C=O) groups is 1. The Bertz CT molecular complexity index is 632. The van der Waals surface area contributed by atoms with E-state index in [1.54, 1.807) is 11.4 Å². The third-order valence-electron chi connectivity index (χ3n) is 2.32. The Morgan fingerprint density at radius 2 is 2.28 bits per heavy atom. The molecule has 0 spiro atoms. The number of nitrogens with one attached hydrogen (secondary N) is 2. The predicted octanol–water partition coefficient (Wildman–Crippen LogP) is 0.654. The first-order chi connectivity index (χ1) is 8.58. The molecule has 0 aliphatic heterocycles. The summed E-state index contributed by atoms with van der Waals surface area (Å²) in [4.78, 5) is 25.1. The first kappa shape index (κ1) is 12.2. The zero-order chi connectivity index (χ0) is 13.1. The minimum atomic E-state index is -0.452. The van der Waals surface area contributed by atoms with E-state index in [4.69, 9.17) is 5.73 Å². The minimum absolute atomic E-state index is 0.104. The number of hydrogen-bond acceptors (Lipinski definition) is 5. The third-order valence-corrected chi connectivity index (χ3v) is 3.04. The van der Waals surface area contributed by atoms with Gasteiger partial charge in [-0.1, -0.05) is 17.4 Å². The Kier molecular flexibility index (Phi) is 3.33. The van der Waals surface area contributed by atoms with Crippen molar-refractivity contribution in [3.63, 3.8) is 0 Å². The van der Waals surface area contributed by atoms with Gasteiger partial charge in [0, 0.05) is 11.1 Å². The molecule has 0 radical (unpaired) electrons. The average molecular weight is 265 g/mol. The predicted molar refractivity (Wildman–Crippen MR) is 68.6 cm³/mol. The molecule has 2 aromatic rings. The first-order valence-corrected chi connectivity index (χ1v) is 5.98. The lowest BCUT2D eigenvalue weighted by atomic mass is 10.1. The van der Waals surface area contributed by atoms with Gasteiger partial charge < -0.3 is 21.1 Å². The molecule has 0 saturated heterocycles. The maximum absolute atomic E-state index is 11.8. The Morgan fingerprint density at radius 1 is 1.50 bits per heavy atom. The van der Waals surface area contributed by atoms with Crippen LogP contribution in [0.2, 0.25) is 0 Å². The van der Waals surface area contributed by atoms with Gasteiger partial charge in [0.25, 0.3) is 5.91 Å². The molecule has 1 aromatic heterocycles. The maximum atomic E-state index is 11.8. The lowest BCUT2D eigenvalue weighted by molar-refractivity contribution is 0.0948. The molecule has 0 saturated carbocycles. The molecule has 0 atom stereocenters. The van der Waals surface area contributed by atoms with Crippen LogP contribution in [0.3, 0.4) is 0 Å². The number of para-hydroxylation sites is 1. The van der Waals surface area contributed by atoms with Crippen LogP contribution < -0.4 is 15.9 Å². The van der Waals surface area contributed by atoms with Gasteiger partial charge in [0.1, 0.15) is 0 Å². The number of benzene rings is 1. The van der Waals surface area contributed by atoms with E-state index in [0.717, 1.165) is 11.3 Å². The summed E-state index contributed by atoms with van der Waals surface area (Å²) in [7, 11) is 0. The van der Waals surface area contributed by atoms with Crippen molar-refractivity contribution < 1.29 is 9.90 Å². The molecule has 1 heterocycles. The summed E-state index contributed by atoms with van der Waals surface area (Å²) in [5, 5.41) is 13.8. The van der Waals surface area contributed by atoms with Crippen LogP contribution in [0.5, 0.6) is 5.75 Å². The minimum Gasteiger partial charge on any atom is -0.505 e. The molecule has 7 heteroatoms. The zero-order valence-electron chi connectivity index (χ0n) is 9.27. The quantitative estimate of drug-likeness (QED) is 0.482. The van der Waals surface area contributed by atoms with Crippen LogP contribution >= 0.6 is 11.3 Å². The molecule has 6 nitrogen and oxygen atoms in total. The van der Waals surface area contributed by atoms with E-state index in [-0.39, 0.29) is 28.4 Å². The number of aromatic hydroxyl groups is 1. The molecule has 2 rings (SSSR count). The van der Waals surface area contributed by atoms with Crippen molar-refractivity contribution in [1.82, 2.24) is 10.3 Å². The van der Waals surface area contributed by atoms with Crippen LogP contribution in [0.25, 0.3) is 0 Å². The highest BCUT2D eigenvalue weighted by Crippen LogP contribution is 2.24. The van der Waals surface area contributed by atoms with E-state index in [1.807, 2.05) is 0 Å². The molecule has 94 valence electrons. The summed E-state index contributed by atoms with van der Waals surface area (Å²) in [6.45, 7) is 0.186. The van der Waals surface area contributed by atoms with Gasteiger partial charge in [0.2, 0.25) is 0 Å². The molecule has 0 aliphatic rings. The molecule has 5 N–H and O–H groups in total. The smallest absolute Gasteiger partial charge is 0.304 e. The number of anilines is 1. The summed E-state index contributed by atoms with van der Waals surface area (Å²) in [5.74, 6) is -0.694. The van der Waals surface area contributed by atoms with Crippen molar-refractivity contribution in [3.05, 3.63) is 44.5 Å². The number of thiazole rings is 1. The Hall–Kier alpha value is -2.28. The second-order valence-electron chi connectivity index (χ2n) is 3.60. The fourth-order valence-electron chi connectivity index (χ4n) is 1.42. The summed E-state index contributed by atoms with van der Waals surface area (Å²) >= 11 is 1.03. The molecule has 0 aliphatic carbocycles. The molecule has 0 bridgehead atoms. The fourth-order valence-corrected chi connectivity index (χ4v) is 2.00. The highest BCUT2D eigenvalue weighted by Gasteiger charge is 2.12. The summed E-state index contributed by atoms with van der Waals surface area (Å²) in [6.07, 6.45) is 0. The second kappa shape index (κ2) is 4.92. The third kappa shape index (κ3) is 2.51. The average Bonchev–Trinajstić information content (AvgIpc) is 2.76. The monoisotopic (exact) mass is 265 g/mol. The number of aromatic amines is 1. The van der Waals surface area contributed by atoms with Crippen molar-refractivity contribution in [2.75, 3.05) is 5.73 Å². The number of H-pyrrole nitrogens is 1. The van der Waals surface area contributed by atoms with Gasteiger partial charge in [0.05, 0.1) is 17.8 Å². The van der Waals surface area contributed by atoms with Gasteiger partial charge >= 0.3 is 4.87 Å². The molecule has 1 aromatic carbocycles. The van der Waals surface area contributed by atoms with Gasteiger partial charge in [0.15, 0.2) is 5.75 Å². The van der Waals surface area contributed by atoms with Gasteiger partial charge in [-0.25, -0.2) is 0 Å². The van der Waals surface area contributed by atoms with Crippen molar-refractivity contribution in [2.24, 2.45) is 0 Å². The number of nitrogens with two attached hydrogens (primary N) is 1. The standard InChI is InChI=1S/C11H11N3O3S/c12-8-3-1-2-7(9(8)15)10(16)13-4-6-5-18-11(17)14-6/h1-3,5,15H,4,12H2,(H,13,16)(H,14,17). The van der Waals surface area contributed by atoms with Gasteiger partial charge in [-0.15, -0.1) is 0 Å². The lowest BCUT2D eigenvalue weighted by Gasteiger charge is -2.07. The van der Waals surface area contributed by atoms with Crippen molar-refractivity contribution in [2.45, 2.75) is 6.54 Å².